The molecular weight excluding hydrogens is 332 g/mol. The van der Waals surface area contributed by atoms with Crippen molar-refractivity contribution >= 4 is 0 Å². The quantitative estimate of drug-likeness (QED) is 0.813. The van der Waals surface area contributed by atoms with Gasteiger partial charge in [-0.05, 0) is 56.4 Å². The molecule has 4 saturated heterocycles. The van der Waals surface area contributed by atoms with Gasteiger partial charge in [0, 0.05) is 30.1 Å². The molecule has 2 bridgehead atoms. The largest absolute Gasteiger partial charge is 0.496 e. The van der Waals surface area contributed by atoms with Crippen LogP contribution < -0.4 is 4.74 Å². The Hall–Kier alpha value is -1.84. The number of piperidine rings is 4. The van der Waals surface area contributed by atoms with Gasteiger partial charge >= 0.3 is 0 Å². The van der Waals surface area contributed by atoms with Gasteiger partial charge in [-0.25, -0.2) is 0 Å². The second kappa shape index (κ2) is 7.29. The molecule has 2 aromatic rings. The fraction of sp³-hybridized carbons (Fsp3) is 0.500. The van der Waals surface area contributed by atoms with E-state index in [-0.39, 0.29) is 0 Å². The molecule has 142 valence electrons. The summed E-state index contributed by atoms with van der Waals surface area (Å²) in [6.07, 6.45) is 3.99. The number of para-hydroxylation sites is 1. The topological polar surface area (TPSA) is 15.7 Å². The number of fused-ring (bicyclic) bond motifs is 2. The van der Waals surface area contributed by atoms with E-state index in [1.54, 1.807) is 7.11 Å². The van der Waals surface area contributed by atoms with E-state index in [2.05, 4.69) is 64.4 Å². The summed E-state index contributed by atoms with van der Waals surface area (Å²) < 4.78 is 5.64. The highest BCUT2D eigenvalue weighted by atomic mass is 16.5. The summed E-state index contributed by atoms with van der Waals surface area (Å²) in [7, 11) is 1.79. The zero-order chi connectivity index (χ0) is 18.2. The van der Waals surface area contributed by atoms with Gasteiger partial charge in [0.1, 0.15) is 5.75 Å². The van der Waals surface area contributed by atoms with Crippen LogP contribution in [0, 0.1) is 5.92 Å². The third kappa shape index (κ3) is 3.07. The average molecular weight is 363 g/mol. The molecule has 4 heterocycles. The summed E-state index contributed by atoms with van der Waals surface area (Å²) in [4.78, 5) is 5.58. The molecule has 3 atom stereocenters. The Morgan fingerprint density at radius 2 is 1.59 bits per heavy atom. The van der Waals surface area contributed by atoms with Crippen molar-refractivity contribution in [1.82, 2.24) is 9.80 Å². The van der Waals surface area contributed by atoms with Gasteiger partial charge in [-0.15, -0.1) is 0 Å². The van der Waals surface area contributed by atoms with Crippen molar-refractivity contribution in [1.29, 1.82) is 0 Å². The third-order valence-corrected chi connectivity index (χ3v) is 7.18. The average Bonchev–Trinajstić information content (AvgIpc) is 2.75. The van der Waals surface area contributed by atoms with E-state index < -0.39 is 0 Å². The number of methoxy groups -OCH3 is 1. The van der Waals surface area contributed by atoms with Crippen LogP contribution in [0.25, 0.3) is 0 Å². The lowest BCUT2D eigenvalue weighted by atomic mass is 9.68. The van der Waals surface area contributed by atoms with Gasteiger partial charge in [0.2, 0.25) is 0 Å². The molecule has 0 amide bonds. The van der Waals surface area contributed by atoms with E-state index in [1.807, 2.05) is 0 Å². The lowest BCUT2D eigenvalue weighted by Gasteiger charge is -2.59. The number of hydrogen-bond acceptors (Lipinski definition) is 3. The van der Waals surface area contributed by atoms with Crippen molar-refractivity contribution in [3.05, 3.63) is 65.7 Å². The Kier molecular flexibility index (Phi) is 4.66. The highest BCUT2D eigenvalue weighted by Crippen LogP contribution is 2.46. The third-order valence-electron chi connectivity index (χ3n) is 7.18. The fourth-order valence-electron chi connectivity index (χ4n) is 5.99. The lowest BCUT2D eigenvalue weighted by Crippen LogP contribution is -2.67. The van der Waals surface area contributed by atoms with Crippen LogP contribution in [0.4, 0.5) is 0 Å². The highest BCUT2D eigenvalue weighted by Gasteiger charge is 2.50. The van der Waals surface area contributed by atoms with Crippen molar-refractivity contribution in [2.75, 3.05) is 26.7 Å². The summed E-state index contributed by atoms with van der Waals surface area (Å²) in [6.45, 7) is 4.77. The molecule has 0 radical (unpaired) electrons. The normalized spacial score (nSPS) is 32.9. The van der Waals surface area contributed by atoms with E-state index in [1.165, 1.54) is 50.0 Å². The van der Waals surface area contributed by atoms with Crippen LogP contribution in [0.5, 0.6) is 5.75 Å². The van der Waals surface area contributed by atoms with Crippen LogP contribution in [-0.2, 0) is 6.54 Å². The summed E-state index contributed by atoms with van der Waals surface area (Å²) in [5.41, 5.74) is 2.87. The van der Waals surface area contributed by atoms with Crippen LogP contribution >= 0.6 is 0 Å². The van der Waals surface area contributed by atoms with Gasteiger partial charge in [-0.1, -0.05) is 48.5 Å². The molecule has 0 unspecified atom stereocenters. The van der Waals surface area contributed by atoms with Crippen molar-refractivity contribution in [3.63, 3.8) is 0 Å². The first-order valence-corrected chi connectivity index (χ1v) is 10.5. The number of hydrogen-bond donors (Lipinski definition) is 0. The minimum Gasteiger partial charge on any atom is -0.496 e. The zero-order valence-corrected chi connectivity index (χ0v) is 16.3. The molecule has 0 N–H and O–H groups in total. The maximum atomic E-state index is 5.64. The van der Waals surface area contributed by atoms with Gasteiger partial charge in [0.15, 0.2) is 0 Å². The highest BCUT2D eigenvalue weighted by molar-refractivity contribution is 5.33. The molecule has 4 aliphatic rings. The number of likely N-dealkylation sites (tertiary alicyclic amines) is 1. The molecule has 0 saturated carbocycles. The van der Waals surface area contributed by atoms with E-state index in [0.29, 0.717) is 18.0 Å². The molecule has 0 aliphatic carbocycles. The van der Waals surface area contributed by atoms with E-state index >= 15 is 0 Å². The van der Waals surface area contributed by atoms with Crippen LogP contribution in [0.2, 0.25) is 0 Å². The number of benzene rings is 2. The maximum Gasteiger partial charge on any atom is 0.123 e. The van der Waals surface area contributed by atoms with Crippen molar-refractivity contribution in [2.24, 2.45) is 5.92 Å². The van der Waals surface area contributed by atoms with Crippen LogP contribution in [0.3, 0.4) is 0 Å². The molecule has 3 heteroatoms. The molecule has 27 heavy (non-hydrogen) atoms. The first-order chi connectivity index (χ1) is 13.3. The van der Waals surface area contributed by atoms with E-state index in [4.69, 9.17) is 4.74 Å². The Balaban J connectivity index is 1.46. The summed E-state index contributed by atoms with van der Waals surface area (Å²) in [5.74, 6) is 2.55. The van der Waals surface area contributed by atoms with Crippen molar-refractivity contribution < 1.29 is 4.74 Å². The Morgan fingerprint density at radius 3 is 2.37 bits per heavy atom. The fourth-order valence-corrected chi connectivity index (χ4v) is 5.99. The molecule has 2 aromatic carbocycles. The molecule has 0 aromatic heterocycles. The Labute approximate surface area is 162 Å². The van der Waals surface area contributed by atoms with Gasteiger partial charge in [0.05, 0.1) is 7.11 Å². The minimum atomic E-state index is 0.670. The predicted molar refractivity (Wildman–Crippen MR) is 109 cm³/mol. The molecular formula is C24H30N2O. The zero-order valence-electron chi connectivity index (χ0n) is 16.3. The minimum absolute atomic E-state index is 0.670. The SMILES string of the molecule is COc1ccccc1CN1CC[C@@H](c2ccccc2)[C@@H]2[C@H]1C1CCN2CC1. The molecule has 3 nitrogen and oxygen atoms in total. The number of rotatable bonds is 4. The van der Waals surface area contributed by atoms with Crippen molar-refractivity contribution in [3.8, 4) is 5.75 Å². The first kappa shape index (κ1) is 17.3. The standard InChI is InChI=1S/C24H30N2O/c1-27-22-10-6-5-9-20(22)17-26-16-13-21(18-7-3-2-4-8-18)24-23(26)19-11-14-25(24)15-12-19/h2-10,19,21,23-24H,11-17H2,1H3/t21-,23+,24+/m0/s1. The first-order valence-electron chi connectivity index (χ1n) is 10.5. The lowest BCUT2D eigenvalue weighted by molar-refractivity contribution is -0.0808. The van der Waals surface area contributed by atoms with Crippen LogP contribution in [-0.4, -0.2) is 48.6 Å². The van der Waals surface area contributed by atoms with Gasteiger partial charge in [-0.2, -0.15) is 0 Å². The number of nitrogens with zero attached hydrogens (tertiary/aromatic N) is 2. The van der Waals surface area contributed by atoms with E-state index in [0.717, 1.165) is 18.2 Å². The Bertz CT molecular complexity index is 769. The summed E-state index contributed by atoms with van der Waals surface area (Å²) in [5, 5.41) is 0. The van der Waals surface area contributed by atoms with E-state index in [9.17, 15) is 0 Å². The maximum absolute atomic E-state index is 5.64. The van der Waals surface area contributed by atoms with Crippen molar-refractivity contribution in [2.45, 2.75) is 43.8 Å². The monoisotopic (exact) mass is 362 g/mol. The number of ether oxygens (including phenoxy) is 1. The van der Waals surface area contributed by atoms with Gasteiger partial charge in [-0.3, -0.25) is 9.80 Å². The second-order valence-electron chi connectivity index (χ2n) is 8.44. The molecule has 0 spiro atoms. The molecule has 6 rings (SSSR count). The van der Waals surface area contributed by atoms with Crippen LogP contribution in [0.15, 0.2) is 54.6 Å². The van der Waals surface area contributed by atoms with Gasteiger partial charge in [0.25, 0.3) is 0 Å². The second-order valence-corrected chi connectivity index (χ2v) is 8.44. The molecule has 4 fully saturated rings. The predicted octanol–water partition coefficient (Wildman–Crippen LogP) is 4.15. The summed E-state index contributed by atoms with van der Waals surface area (Å²) in [6, 6.07) is 21.2. The van der Waals surface area contributed by atoms with Gasteiger partial charge < -0.3 is 4.74 Å². The van der Waals surface area contributed by atoms with Crippen LogP contribution in [0.1, 0.15) is 36.3 Å². The smallest absolute Gasteiger partial charge is 0.123 e. The Morgan fingerprint density at radius 1 is 0.852 bits per heavy atom. The summed E-state index contributed by atoms with van der Waals surface area (Å²) >= 11 is 0. The molecule has 4 aliphatic heterocycles.